The molecule has 3 nitrogen and oxygen atoms in total. The van der Waals surface area contributed by atoms with E-state index in [9.17, 15) is 4.79 Å². The first-order valence-corrected chi connectivity index (χ1v) is 7.54. The number of carbonyl (C=O) groups excluding carboxylic acids is 1. The number of pyridine rings is 1. The van der Waals surface area contributed by atoms with Crippen molar-refractivity contribution in [3.63, 3.8) is 0 Å². The molecule has 3 heteroatoms. The summed E-state index contributed by atoms with van der Waals surface area (Å²) >= 11 is 0. The lowest BCUT2D eigenvalue weighted by molar-refractivity contribution is -0.139. The first-order valence-electron chi connectivity index (χ1n) is 7.54. The average Bonchev–Trinajstić information content (AvgIpc) is 2.42. The van der Waals surface area contributed by atoms with Crippen molar-refractivity contribution in [1.82, 2.24) is 4.98 Å². The Morgan fingerprint density at radius 2 is 2.25 bits per heavy atom. The van der Waals surface area contributed by atoms with Crippen LogP contribution in [0.2, 0.25) is 0 Å². The molecule has 1 heterocycles. The zero-order valence-corrected chi connectivity index (χ0v) is 13.0. The minimum Gasteiger partial charge on any atom is -0.370 e. The second-order valence-corrected chi connectivity index (χ2v) is 6.60. The average molecular weight is 275 g/mol. The maximum atomic E-state index is 12.9. The Kier molecular flexibility index (Phi) is 4.59. The lowest BCUT2D eigenvalue weighted by Crippen LogP contribution is -2.41. The predicted molar refractivity (Wildman–Crippen MR) is 79.8 cm³/mol. The quantitative estimate of drug-likeness (QED) is 0.844. The van der Waals surface area contributed by atoms with Gasteiger partial charge in [-0.15, -0.1) is 0 Å². The molecule has 0 aliphatic heterocycles. The van der Waals surface area contributed by atoms with Crippen molar-refractivity contribution >= 4 is 5.78 Å². The zero-order chi connectivity index (χ0) is 14.8. The number of rotatable bonds is 4. The molecule has 2 unspecified atom stereocenters. The highest BCUT2D eigenvalue weighted by atomic mass is 16.5. The van der Waals surface area contributed by atoms with Crippen LogP contribution < -0.4 is 0 Å². The smallest absolute Gasteiger partial charge is 0.171 e. The summed E-state index contributed by atoms with van der Waals surface area (Å²) in [5.74, 6) is 0.0923. The first-order chi connectivity index (χ1) is 9.45. The van der Waals surface area contributed by atoms with E-state index in [0.29, 0.717) is 6.61 Å². The van der Waals surface area contributed by atoms with Gasteiger partial charge in [-0.25, -0.2) is 0 Å². The number of aromatic nitrogens is 1. The topological polar surface area (TPSA) is 39.2 Å². The molecule has 1 aromatic heterocycles. The van der Waals surface area contributed by atoms with Crippen LogP contribution in [0.25, 0.3) is 0 Å². The van der Waals surface area contributed by atoms with Crippen LogP contribution in [0.4, 0.5) is 0 Å². The van der Waals surface area contributed by atoms with E-state index in [2.05, 4.69) is 31.8 Å². The summed E-state index contributed by atoms with van der Waals surface area (Å²) in [6, 6.07) is 4.05. The van der Waals surface area contributed by atoms with Crippen LogP contribution in [0.15, 0.2) is 18.3 Å². The molecule has 0 N–H and O–H groups in total. The SMILES string of the molecule is CCOC(C(=O)C1CCCc2cccnc21)C(C)(C)C. The third-order valence-electron chi connectivity index (χ3n) is 3.92. The number of hydrogen-bond acceptors (Lipinski definition) is 3. The minimum absolute atomic E-state index is 0.101. The summed E-state index contributed by atoms with van der Waals surface area (Å²) in [5.41, 5.74) is 2.01. The normalized spacial score (nSPS) is 20.3. The molecule has 2 atom stereocenters. The molecule has 1 aliphatic carbocycles. The maximum absolute atomic E-state index is 12.9. The van der Waals surface area contributed by atoms with Gasteiger partial charge in [-0.1, -0.05) is 26.8 Å². The molecule has 0 amide bonds. The predicted octanol–water partition coefficient (Wildman–Crippen LogP) is 3.52. The van der Waals surface area contributed by atoms with Crippen molar-refractivity contribution in [2.24, 2.45) is 5.41 Å². The van der Waals surface area contributed by atoms with E-state index in [1.165, 1.54) is 5.56 Å². The highest BCUT2D eigenvalue weighted by Gasteiger charge is 2.38. The standard InChI is InChI=1S/C17H25NO2/c1-5-20-16(17(2,3)4)15(19)13-10-6-8-12-9-7-11-18-14(12)13/h7,9,11,13,16H,5-6,8,10H2,1-4H3. The Morgan fingerprint density at radius 3 is 2.90 bits per heavy atom. The van der Waals surface area contributed by atoms with E-state index in [4.69, 9.17) is 4.74 Å². The van der Waals surface area contributed by atoms with E-state index in [1.807, 2.05) is 13.0 Å². The van der Waals surface area contributed by atoms with E-state index in [0.717, 1.165) is 25.0 Å². The van der Waals surface area contributed by atoms with E-state index in [-0.39, 0.29) is 23.2 Å². The van der Waals surface area contributed by atoms with Crippen LogP contribution in [0, 0.1) is 5.41 Å². The summed E-state index contributed by atoms with van der Waals surface area (Å²) in [6.07, 6.45) is 4.41. The highest BCUT2D eigenvalue weighted by Crippen LogP contribution is 2.35. The number of ketones is 1. The monoisotopic (exact) mass is 275 g/mol. The molecule has 20 heavy (non-hydrogen) atoms. The van der Waals surface area contributed by atoms with Gasteiger partial charge in [0.05, 0.1) is 11.6 Å². The van der Waals surface area contributed by atoms with Crippen molar-refractivity contribution in [3.8, 4) is 0 Å². The first kappa shape index (κ1) is 15.2. The van der Waals surface area contributed by atoms with Crippen LogP contribution in [0.1, 0.15) is 57.7 Å². The Bertz CT molecular complexity index is 476. The molecule has 2 rings (SSSR count). The van der Waals surface area contributed by atoms with Gasteiger partial charge in [0.25, 0.3) is 0 Å². The summed E-state index contributed by atoms with van der Waals surface area (Å²) in [7, 11) is 0. The van der Waals surface area contributed by atoms with Gasteiger partial charge >= 0.3 is 0 Å². The number of hydrogen-bond donors (Lipinski definition) is 0. The fourth-order valence-corrected chi connectivity index (χ4v) is 2.99. The minimum atomic E-state index is -0.356. The molecule has 1 aliphatic rings. The number of aryl methyl sites for hydroxylation is 1. The van der Waals surface area contributed by atoms with E-state index >= 15 is 0 Å². The summed E-state index contributed by atoms with van der Waals surface area (Å²) in [4.78, 5) is 17.4. The third kappa shape index (κ3) is 3.09. The Hall–Kier alpha value is -1.22. The number of fused-ring (bicyclic) bond motifs is 1. The van der Waals surface area contributed by atoms with Gasteiger partial charge in [-0.3, -0.25) is 9.78 Å². The summed E-state index contributed by atoms with van der Waals surface area (Å²) < 4.78 is 5.76. The van der Waals surface area contributed by atoms with Gasteiger partial charge in [0.2, 0.25) is 0 Å². The lowest BCUT2D eigenvalue weighted by atomic mass is 9.76. The summed E-state index contributed by atoms with van der Waals surface area (Å²) in [5, 5.41) is 0. The second-order valence-electron chi connectivity index (χ2n) is 6.60. The van der Waals surface area contributed by atoms with Crippen LogP contribution in [-0.2, 0) is 16.0 Å². The van der Waals surface area contributed by atoms with Crippen LogP contribution in [0.3, 0.4) is 0 Å². The maximum Gasteiger partial charge on any atom is 0.171 e. The largest absolute Gasteiger partial charge is 0.370 e. The molecule has 0 saturated heterocycles. The molecular weight excluding hydrogens is 250 g/mol. The molecule has 0 fully saturated rings. The van der Waals surface area contributed by atoms with Gasteiger partial charge < -0.3 is 4.74 Å². The molecular formula is C17H25NO2. The van der Waals surface area contributed by atoms with Crippen molar-refractivity contribution in [1.29, 1.82) is 0 Å². The van der Waals surface area contributed by atoms with Gasteiger partial charge in [0.15, 0.2) is 5.78 Å². The van der Waals surface area contributed by atoms with Crippen LogP contribution in [-0.4, -0.2) is 23.5 Å². The lowest BCUT2D eigenvalue weighted by Gasteiger charge is -2.33. The van der Waals surface area contributed by atoms with Gasteiger partial charge in [-0.05, 0) is 43.2 Å². The third-order valence-corrected chi connectivity index (χ3v) is 3.92. The Labute approximate surface area is 121 Å². The fraction of sp³-hybridized carbons (Fsp3) is 0.647. The Balaban J connectivity index is 2.29. The fourth-order valence-electron chi connectivity index (χ4n) is 2.99. The number of ether oxygens (including phenoxy) is 1. The molecule has 0 bridgehead atoms. The van der Waals surface area contributed by atoms with Gasteiger partial charge in [0, 0.05) is 12.8 Å². The second kappa shape index (κ2) is 6.04. The van der Waals surface area contributed by atoms with Gasteiger partial charge in [0.1, 0.15) is 6.10 Å². The van der Waals surface area contributed by atoms with Crippen molar-refractivity contribution < 1.29 is 9.53 Å². The molecule has 110 valence electrons. The molecule has 1 aromatic rings. The van der Waals surface area contributed by atoms with Crippen molar-refractivity contribution in [2.45, 2.75) is 59.0 Å². The Morgan fingerprint density at radius 1 is 1.50 bits per heavy atom. The number of carbonyl (C=O) groups is 1. The van der Waals surface area contributed by atoms with Crippen molar-refractivity contribution in [2.75, 3.05) is 6.61 Å². The molecule has 0 aromatic carbocycles. The van der Waals surface area contributed by atoms with Crippen LogP contribution >= 0.6 is 0 Å². The molecule has 0 radical (unpaired) electrons. The molecule has 0 saturated carbocycles. The van der Waals surface area contributed by atoms with Crippen LogP contribution in [0.5, 0.6) is 0 Å². The summed E-state index contributed by atoms with van der Waals surface area (Å²) in [6.45, 7) is 8.70. The molecule has 0 spiro atoms. The zero-order valence-electron chi connectivity index (χ0n) is 13.0. The van der Waals surface area contributed by atoms with Gasteiger partial charge in [-0.2, -0.15) is 0 Å². The highest BCUT2D eigenvalue weighted by molar-refractivity contribution is 5.90. The number of nitrogens with zero attached hydrogens (tertiary/aromatic N) is 1. The van der Waals surface area contributed by atoms with E-state index < -0.39 is 0 Å². The number of Topliss-reactive ketones (excluding diaryl/α,β-unsaturated/α-hetero) is 1. The van der Waals surface area contributed by atoms with Crippen molar-refractivity contribution in [3.05, 3.63) is 29.6 Å². The van der Waals surface area contributed by atoms with E-state index in [1.54, 1.807) is 6.20 Å².